The van der Waals surface area contributed by atoms with Crippen LogP contribution in [0.3, 0.4) is 0 Å². The number of benzene rings is 1. The van der Waals surface area contributed by atoms with E-state index < -0.39 is 23.7 Å². The lowest BCUT2D eigenvalue weighted by Crippen LogP contribution is -2.42. The number of rotatable bonds is 10. The Morgan fingerprint density at radius 1 is 1.29 bits per heavy atom. The van der Waals surface area contributed by atoms with Crippen molar-refractivity contribution in [3.05, 3.63) is 58.0 Å². The van der Waals surface area contributed by atoms with Crippen molar-refractivity contribution in [1.82, 2.24) is 10.3 Å². The highest BCUT2D eigenvalue weighted by Gasteiger charge is 2.30. The average Bonchev–Trinajstić information content (AvgIpc) is 2.78. The third-order valence-corrected chi connectivity index (χ3v) is 6.80. The number of pyridine rings is 1. The molecule has 2 heterocycles. The van der Waals surface area contributed by atoms with Crippen LogP contribution in [0.15, 0.2) is 30.3 Å². The van der Waals surface area contributed by atoms with Gasteiger partial charge in [0.05, 0.1) is 16.7 Å². The van der Waals surface area contributed by atoms with E-state index in [1.165, 1.54) is 11.6 Å². The number of hydrogen-bond donors (Lipinski definition) is 3. The summed E-state index contributed by atoms with van der Waals surface area (Å²) in [5, 5.41) is 15.2. The van der Waals surface area contributed by atoms with Gasteiger partial charge in [-0.25, -0.2) is 14.2 Å². The molecule has 0 saturated heterocycles. The second kappa shape index (κ2) is 11.1. The van der Waals surface area contributed by atoms with Gasteiger partial charge in [0.1, 0.15) is 17.7 Å². The summed E-state index contributed by atoms with van der Waals surface area (Å²) in [6.07, 6.45) is 6.36. The Labute approximate surface area is 203 Å². The van der Waals surface area contributed by atoms with Gasteiger partial charge in [-0.05, 0) is 74.3 Å². The van der Waals surface area contributed by atoms with Crippen molar-refractivity contribution < 1.29 is 23.8 Å². The van der Waals surface area contributed by atoms with E-state index in [1.807, 2.05) is 0 Å². The predicted octanol–water partition coefficient (Wildman–Crippen LogP) is 4.23. The van der Waals surface area contributed by atoms with E-state index in [0.29, 0.717) is 5.92 Å². The zero-order valence-electron chi connectivity index (χ0n) is 18.9. The summed E-state index contributed by atoms with van der Waals surface area (Å²) in [4.78, 5) is 28.6. The number of carbonyl (C=O) groups excluding carboxylic acids is 1. The molecule has 182 valence electrons. The first-order valence-electron chi connectivity index (χ1n) is 11.7. The van der Waals surface area contributed by atoms with Gasteiger partial charge >= 0.3 is 5.97 Å². The molecule has 1 aliphatic heterocycles. The standard InChI is InChI=1S/C25H29ClFN3O4/c26-21-14-17(27)5-8-20(21)24(31)30-22(25(32)33)9-11-34-19-12-15(13-19)3-6-18-7-4-16-2-1-10-28-23(16)29-18/h4-5,7-8,14-15,19,22H,1-3,6,9-13H2,(H,28,29)(H,30,31)(H,32,33)/t15-,19-,22?. The molecule has 2 aliphatic rings. The number of carboxylic acids is 1. The fourth-order valence-electron chi connectivity index (χ4n) is 4.43. The summed E-state index contributed by atoms with van der Waals surface area (Å²) in [5.74, 6) is -0.785. The number of carboxylic acid groups (broad SMARTS) is 1. The van der Waals surface area contributed by atoms with Crippen molar-refractivity contribution in [1.29, 1.82) is 0 Å². The molecule has 0 bridgehead atoms. The van der Waals surface area contributed by atoms with E-state index in [0.717, 1.165) is 68.7 Å². The minimum Gasteiger partial charge on any atom is -0.480 e. The lowest BCUT2D eigenvalue weighted by molar-refractivity contribution is -0.140. The molecule has 1 aromatic heterocycles. The number of aromatic nitrogens is 1. The van der Waals surface area contributed by atoms with Crippen molar-refractivity contribution in [2.75, 3.05) is 18.5 Å². The van der Waals surface area contributed by atoms with Gasteiger partial charge < -0.3 is 20.5 Å². The van der Waals surface area contributed by atoms with E-state index >= 15 is 0 Å². The van der Waals surface area contributed by atoms with Crippen LogP contribution in [0.1, 0.15) is 53.7 Å². The van der Waals surface area contributed by atoms with Crippen molar-refractivity contribution >= 4 is 29.3 Å². The van der Waals surface area contributed by atoms with E-state index in [-0.39, 0.29) is 29.7 Å². The number of fused-ring (bicyclic) bond motifs is 1. The lowest BCUT2D eigenvalue weighted by Gasteiger charge is -2.35. The quantitative estimate of drug-likeness (QED) is 0.461. The van der Waals surface area contributed by atoms with Gasteiger partial charge in [0.2, 0.25) is 0 Å². The number of halogens is 2. The number of aryl methyl sites for hydroxylation is 2. The summed E-state index contributed by atoms with van der Waals surface area (Å²) in [6.45, 7) is 1.21. The molecule has 4 rings (SSSR count). The molecular weight excluding hydrogens is 461 g/mol. The maximum absolute atomic E-state index is 13.2. The molecule has 0 radical (unpaired) electrons. The summed E-state index contributed by atoms with van der Waals surface area (Å²) < 4.78 is 19.0. The molecule has 3 N–H and O–H groups in total. The number of ether oxygens (including phenoxy) is 1. The minimum atomic E-state index is -1.16. The summed E-state index contributed by atoms with van der Waals surface area (Å²) in [5.41, 5.74) is 2.43. The smallest absolute Gasteiger partial charge is 0.326 e. The molecule has 1 fully saturated rings. The molecule has 1 saturated carbocycles. The van der Waals surface area contributed by atoms with Crippen LogP contribution in [0.5, 0.6) is 0 Å². The van der Waals surface area contributed by atoms with Crippen LogP contribution in [0.4, 0.5) is 10.2 Å². The first kappa shape index (κ1) is 24.4. The number of amides is 1. The molecular formula is C25H29ClFN3O4. The van der Waals surface area contributed by atoms with E-state index in [4.69, 9.17) is 21.3 Å². The van der Waals surface area contributed by atoms with Crippen LogP contribution in [-0.2, 0) is 22.4 Å². The highest BCUT2D eigenvalue weighted by atomic mass is 35.5. The Morgan fingerprint density at radius 2 is 2.12 bits per heavy atom. The van der Waals surface area contributed by atoms with E-state index in [2.05, 4.69) is 22.8 Å². The summed E-state index contributed by atoms with van der Waals surface area (Å²) >= 11 is 5.89. The molecule has 9 heteroatoms. The monoisotopic (exact) mass is 489 g/mol. The fraction of sp³-hybridized carbons (Fsp3) is 0.480. The lowest BCUT2D eigenvalue weighted by atomic mass is 9.79. The second-order valence-electron chi connectivity index (χ2n) is 8.99. The van der Waals surface area contributed by atoms with E-state index in [9.17, 15) is 19.1 Å². The molecule has 1 atom stereocenters. The maximum Gasteiger partial charge on any atom is 0.326 e. The van der Waals surface area contributed by atoms with Crippen LogP contribution in [0, 0.1) is 11.7 Å². The molecule has 34 heavy (non-hydrogen) atoms. The number of hydrogen-bond acceptors (Lipinski definition) is 5. The molecule has 2 aromatic rings. The summed E-state index contributed by atoms with van der Waals surface area (Å²) in [7, 11) is 0. The fourth-order valence-corrected chi connectivity index (χ4v) is 4.68. The maximum atomic E-state index is 13.2. The Morgan fingerprint density at radius 3 is 2.88 bits per heavy atom. The Bertz CT molecular complexity index is 1040. The van der Waals surface area contributed by atoms with Gasteiger partial charge in [0.25, 0.3) is 5.91 Å². The predicted molar refractivity (Wildman–Crippen MR) is 127 cm³/mol. The van der Waals surface area contributed by atoms with Crippen LogP contribution in [0.25, 0.3) is 0 Å². The topological polar surface area (TPSA) is 101 Å². The normalized spacial score (nSPS) is 19.9. The zero-order valence-corrected chi connectivity index (χ0v) is 19.6. The molecule has 0 spiro atoms. The van der Waals surface area contributed by atoms with Crippen molar-refractivity contribution in [3.63, 3.8) is 0 Å². The van der Waals surface area contributed by atoms with Crippen LogP contribution < -0.4 is 10.6 Å². The number of aliphatic carboxylic acids is 1. The molecule has 1 aromatic carbocycles. The highest BCUT2D eigenvalue weighted by Crippen LogP contribution is 2.34. The van der Waals surface area contributed by atoms with Gasteiger partial charge in [-0.1, -0.05) is 17.7 Å². The van der Waals surface area contributed by atoms with Gasteiger partial charge in [0, 0.05) is 25.3 Å². The zero-order chi connectivity index (χ0) is 24.1. The Kier molecular flexibility index (Phi) is 8.00. The molecule has 7 nitrogen and oxygen atoms in total. The van der Waals surface area contributed by atoms with E-state index in [1.54, 1.807) is 0 Å². The largest absolute Gasteiger partial charge is 0.480 e. The average molecular weight is 490 g/mol. The Balaban J connectivity index is 1.16. The van der Waals surface area contributed by atoms with Gasteiger partial charge in [0.15, 0.2) is 0 Å². The molecule has 1 unspecified atom stereocenters. The molecule has 1 aliphatic carbocycles. The SMILES string of the molecule is O=C(NC(CCO[C@H]1C[C@H](CCc2ccc3c(n2)NCCC3)C1)C(=O)O)c1ccc(F)cc1Cl. The minimum absolute atomic E-state index is 0.0290. The summed E-state index contributed by atoms with van der Waals surface area (Å²) in [6, 6.07) is 6.53. The number of anilines is 1. The van der Waals surface area contributed by atoms with Crippen molar-refractivity contribution in [2.45, 2.75) is 57.1 Å². The number of nitrogens with zero attached hydrogens (tertiary/aromatic N) is 1. The first-order valence-corrected chi connectivity index (χ1v) is 12.1. The van der Waals surface area contributed by atoms with Crippen molar-refractivity contribution in [2.24, 2.45) is 5.92 Å². The van der Waals surface area contributed by atoms with Gasteiger partial charge in [-0.3, -0.25) is 4.79 Å². The first-order chi connectivity index (χ1) is 16.4. The van der Waals surface area contributed by atoms with Crippen molar-refractivity contribution in [3.8, 4) is 0 Å². The van der Waals surface area contributed by atoms with Gasteiger partial charge in [-0.2, -0.15) is 0 Å². The van der Waals surface area contributed by atoms with Crippen LogP contribution in [0.2, 0.25) is 5.02 Å². The number of nitrogens with one attached hydrogen (secondary N) is 2. The van der Waals surface area contributed by atoms with Crippen LogP contribution >= 0.6 is 11.6 Å². The highest BCUT2D eigenvalue weighted by molar-refractivity contribution is 6.33. The third-order valence-electron chi connectivity index (χ3n) is 6.49. The van der Waals surface area contributed by atoms with Gasteiger partial charge in [-0.15, -0.1) is 0 Å². The van der Waals surface area contributed by atoms with Crippen LogP contribution in [-0.4, -0.2) is 47.3 Å². The number of carbonyl (C=O) groups is 2. The Hall–Kier alpha value is -2.71. The third kappa shape index (κ3) is 6.24. The second-order valence-corrected chi connectivity index (χ2v) is 9.39. The molecule has 1 amide bonds.